The molecule has 0 spiro atoms. The van der Waals surface area contributed by atoms with Gasteiger partial charge < -0.3 is 54.3 Å². The molecular weight excluding hydrogens is 1150 g/mol. The summed E-state index contributed by atoms with van der Waals surface area (Å²) >= 11 is 0. The van der Waals surface area contributed by atoms with E-state index in [0.29, 0.717) is 70.1 Å². The van der Waals surface area contributed by atoms with Crippen molar-refractivity contribution in [2.45, 2.75) is 173 Å². The van der Waals surface area contributed by atoms with Gasteiger partial charge in [-0.2, -0.15) is 10.2 Å². The highest BCUT2D eigenvalue weighted by Gasteiger charge is 2.49. The van der Waals surface area contributed by atoms with E-state index in [-0.39, 0.29) is 68.7 Å². The molecule has 0 radical (unpaired) electrons. The van der Waals surface area contributed by atoms with E-state index >= 15 is 0 Å². The summed E-state index contributed by atoms with van der Waals surface area (Å²) in [5, 5.41) is 73.9. The minimum absolute atomic E-state index is 0.0138. The van der Waals surface area contributed by atoms with Gasteiger partial charge in [0, 0.05) is 95.6 Å². The molecule has 0 bridgehead atoms. The minimum Gasteiger partial charge on any atom is -0.506 e. The van der Waals surface area contributed by atoms with Gasteiger partial charge in [-0.25, -0.2) is 33.7 Å². The van der Waals surface area contributed by atoms with Crippen LogP contribution in [0.3, 0.4) is 0 Å². The zero-order chi connectivity index (χ0) is 63.7. The first-order valence-corrected chi connectivity index (χ1v) is 28.9. The van der Waals surface area contributed by atoms with Crippen LogP contribution in [-0.2, 0) is 0 Å². The molecule has 4 atom stereocenters. The third-order valence-electron chi connectivity index (χ3n) is 15.0. The molecule has 9 aromatic heterocycles. The van der Waals surface area contributed by atoms with Crippen molar-refractivity contribution >= 4 is 0 Å². The maximum absolute atomic E-state index is 14.9. The second kappa shape index (κ2) is 24.8. The topological polar surface area (TPSA) is 323 Å². The highest BCUT2D eigenvalue weighted by Crippen LogP contribution is 2.38. The molecule has 27 heteroatoms. The second-order valence-corrected chi connectivity index (χ2v) is 26.0. The predicted molar refractivity (Wildman–Crippen MR) is 322 cm³/mol. The average molecular weight is 1220 g/mol. The molecular formula is C62H73F2N17O8. The molecule has 6 N–H and O–H groups in total. The molecule has 25 nitrogen and oxygen atoms in total. The molecule has 3 fully saturated rings. The Morgan fingerprint density at radius 2 is 0.843 bits per heavy atom. The lowest BCUT2D eigenvalue weighted by Crippen LogP contribution is -2.66. The van der Waals surface area contributed by atoms with Crippen LogP contribution in [0, 0.1) is 0 Å². The summed E-state index contributed by atoms with van der Waals surface area (Å²) in [5.74, 6) is 1.45. The number of hydrogen-bond donors (Lipinski definition) is 6. The smallest absolute Gasteiger partial charge is 0.233 e. The predicted octanol–water partition coefficient (Wildman–Crippen LogP) is 9.58. The zero-order valence-electron chi connectivity index (χ0n) is 51.5. The molecule has 468 valence electrons. The summed E-state index contributed by atoms with van der Waals surface area (Å²) in [5.41, 5.74) is 1.66. The number of piperidine rings is 3. The largest absolute Gasteiger partial charge is 0.506 e. The van der Waals surface area contributed by atoms with Gasteiger partial charge in [0.2, 0.25) is 29.4 Å². The van der Waals surface area contributed by atoms with Crippen LogP contribution >= 0.6 is 0 Å². The van der Waals surface area contributed by atoms with Crippen LogP contribution < -0.4 is 30.2 Å². The molecule has 3 aliphatic rings. The fourth-order valence-electron chi connectivity index (χ4n) is 12.0. The number of nitrogens with zero attached hydrogens (tertiary/aromatic N) is 14. The van der Waals surface area contributed by atoms with E-state index in [1.54, 1.807) is 48.7 Å². The van der Waals surface area contributed by atoms with Crippen LogP contribution in [0.2, 0.25) is 0 Å². The molecule has 0 amide bonds. The van der Waals surface area contributed by atoms with Crippen LogP contribution in [-0.4, -0.2) is 150 Å². The summed E-state index contributed by atoms with van der Waals surface area (Å²) in [6.45, 7) is 24.0. The first kappa shape index (κ1) is 62.8. The molecule has 0 saturated carbocycles. The van der Waals surface area contributed by atoms with Gasteiger partial charge in [-0.3, -0.25) is 0 Å². The molecule has 0 aromatic carbocycles. The lowest BCUT2D eigenvalue weighted by molar-refractivity contribution is -0.0283. The van der Waals surface area contributed by atoms with E-state index in [4.69, 9.17) is 23.0 Å². The van der Waals surface area contributed by atoms with Gasteiger partial charge in [-0.1, -0.05) is 0 Å². The van der Waals surface area contributed by atoms with Gasteiger partial charge in [-0.05, 0) is 113 Å². The number of alkyl halides is 2. The maximum atomic E-state index is 14.9. The molecule has 12 rings (SSSR count). The number of ether oxygens (including phenoxy) is 3. The molecule has 0 unspecified atom stereocenters. The standard InChI is InChI=1S/C21H24FN5O3.C21H25N5O3.C20H24FN7O2/c1-20(2)10-15(18(22)21(3,4)27-20)30-16-6-5-13(25-26-16)17-14(28)9-12(11-24-17)19-23-7-8-29-19;1-20(2)10-14(11-21(3,4)26-20)29-17-6-5-15(24-25-17)18-16(27)9-13(12-23-18)19-22-7-8-28-19;1-19(2)10-15(18(21)20(3,4)27-19)30-16-6-5-13(25-26-16)17-14(29)9-12(11-22-17)28-23-7-8-24-28/h5-9,11,15,18,27-28H,10H2,1-4H3;5-9,12,14,26-27H,10-11H2,1-4H3;5-9,11,15,18,27,29H,10H2,1-4H3/t15-,18-;;15-,18-/m0.0/s1. The van der Waals surface area contributed by atoms with Gasteiger partial charge >= 0.3 is 0 Å². The number of rotatable bonds is 12. The molecule has 9 aromatic rings. The summed E-state index contributed by atoms with van der Waals surface area (Å²) < 4.78 is 58.0. The van der Waals surface area contributed by atoms with Crippen LogP contribution in [0.25, 0.3) is 62.8 Å². The van der Waals surface area contributed by atoms with Crippen molar-refractivity contribution in [2.75, 3.05) is 0 Å². The molecule has 3 aliphatic heterocycles. The van der Waals surface area contributed by atoms with Crippen molar-refractivity contribution in [3.63, 3.8) is 0 Å². The van der Waals surface area contributed by atoms with Gasteiger partial charge in [0.15, 0.2) is 12.3 Å². The fraction of sp³-hybridized carbons (Fsp3) is 0.435. The number of aromatic nitrogens is 14. The van der Waals surface area contributed by atoms with E-state index in [0.717, 1.165) is 12.8 Å². The van der Waals surface area contributed by atoms with Crippen molar-refractivity contribution in [1.29, 1.82) is 0 Å². The maximum Gasteiger partial charge on any atom is 0.233 e. The number of pyridine rings is 3. The van der Waals surface area contributed by atoms with Crippen LogP contribution in [0.1, 0.15) is 109 Å². The Balaban J connectivity index is 0.000000147. The zero-order valence-corrected chi connectivity index (χ0v) is 51.5. The lowest BCUT2D eigenvalue weighted by atomic mass is 9.79. The number of oxazole rings is 2. The summed E-state index contributed by atoms with van der Waals surface area (Å²) in [7, 11) is 0. The van der Waals surface area contributed by atoms with E-state index < -0.39 is 35.6 Å². The monoisotopic (exact) mass is 1220 g/mol. The SMILES string of the molecule is CC1(C)CC(Oc2ccc(-c3ncc(-c4ncco4)cc3O)nn2)CC(C)(C)N1.CC1(C)C[C@H](Oc2ccc(-c3ncc(-c4ncco4)cc3O)nn2)[C@H](F)C(C)(C)N1.CC1(C)C[C@H](Oc2ccc(-c3ncc(-n4nccn4)cc3O)nn2)[C@H](F)C(C)(C)N1. The number of nitrogens with one attached hydrogen (secondary N) is 3. The summed E-state index contributed by atoms with van der Waals surface area (Å²) in [6.07, 6.45) is 12.7. The summed E-state index contributed by atoms with van der Waals surface area (Å²) in [6, 6.07) is 14.5. The van der Waals surface area contributed by atoms with E-state index in [1.807, 2.05) is 55.4 Å². The molecule has 89 heavy (non-hydrogen) atoms. The van der Waals surface area contributed by atoms with E-state index in [9.17, 15) is 24.1 Å². The Morgan fingerprint density at radius 1 is 0.461 bits per heavy atom. The van der Waals surface area contributed by atoms with Gasteiger partial charge in [0.05, 0.1) is 42.1 Å². The lowest BCUT2D eigenvalue weighted by Gasteiger charge is -2.48. The quantitative estimate of drug-likeness (QED) is 0.0663. The van der Waals surface area contributed by atoms with Crippen LogP contribution in [0.15, 0.2) is 119 Å². The Labute approximate surface area is 512 Å². The Bertz CT molecular complexity index is 3640. The number of hydrogen-bond acceptors (Lipinski definition) is 24. The van der Waals surface area contributed by atoms with E-state index in [1.165, 1.54) is 66.6 Å². The van der Waals surface area contributed by atoms with Crippen LogP contribution in [0.5, 0.6) is 34.9 Å². The van der Waals surface area contributed by atoms with Crippen molar-refractivity contribution in [2.24, 2.45) is 0 Å². The van der Waals surface area contributed by atoms with Crippen molar-refractivity contribution in [3.8, 4) is 97.6 Å². The number of halogens is 2. The number of aromatic hydroxyl groups is 3. The normalized spacial score (nSPS) is 21.2. The highest BCUT2D eigenvalue weighted by atomic mass is 19.1. The first-order chi connectivity index (χ1) is 42.0. The van der Waals surface area contributed by atoms with Crippen molar-refractivity contribution in [3.05, 3.63) is 111 Å². The average Bonchev–Trinajstić information content (AvgIpc) is 1.96. The minimum atomic E-state index is -1.21. The van der Waals surface area contributed by atoms with Gasteiger partial charge in [0.1, 0.15) is 87.9 Å². The third-order valence-corrected chi connectivity index (χ3v) is 15.0. The molecule has 12 heterocycles. The van der Waals surface area contributed by atoms with Crippen molar-refractivity contribution < 1.29 is 47.1 Å². The molecule has 3 saturated heterocycles. The Kier molecular flexibility index (Phi) is 17.5. The Hall–Kier alpha value is -9.21. The van der Waals surface area contributed by atoms with Crippen molar-refractivity contribution in [1.82, 2.24) is 86.5 Å². The van der Waals surface area contributed by atoms with E-state index in [2.05, 4.69) is 109 Å². The Morgan fingerprint density at radius 3 is 1.20 bits per heavy atom. The highest BCUT2D eigenvalue weighted by molar-refractivity contribution is 5.68. The third kappa shape index (κ3) is 15.2. The molecule has 0 aliphatic carbocycles. The van der Waals surface area contributed by atoms with Gasteiger partial charge in [0.25, 0.3) is 0 Å². The van der Waals surface area contributed by atoms with Gasteiger partial charge in [-0.15, -0.1) is 35.4 Å². The summed E-state index contributed by atoms with van der Waals surface area (Å²) in [4.78, 5) is 22.2. The second-order valence-electron chi connectivity index (χ2n) is 26.0. The fourth-order valence-corrected chi connectivity index (χ4v) is 12.0. The van der Waals surface area contributed by atoms with Crippen LogP contribution in [0.4, 0.5) is 8.78 Å². The first-order valence-electron chi connectivity index (χ1n) is 28.9.